The van der Waals surface area contributed by atoms with Crippen LogP contribution in [-0.2, 0) is 16.6 Å². The number of likely N-dealkylation sites (tertiary alicyclic amines) is 1. The van der Waals surface area contributed by atoms with Gasteiger partial charge in [-0.25, -0.2) is 18.4 Å². The van der Waals surface area contributed by atoms with Gasteiger partial charge in [0.25, 0.3) is 0 Å². The van der Waals surface area contributed by atoms with Gasteiger partial charge in [-0.3, -0.25) is 4.90 Å². The van der Waals surface area contributed by atoms with Gasteiger partial charge in [0.1, 0.15) is 0 Å². The van der Waals surface area contributed by atoms with Crippen LogP contribution in [0.15, 0.2) is 63.2 Å². The maximum Gasteiger partial charge on any atom is 0.243 e. The van der Waals surface area contributed by atoms with Crippen LogP contribution in [0.2, 0.25) is 0 Å². The molecule has 1 aliphatic rings. The molecule has 1 saturated heterocycles. The normalized spacial score (nSPS) is 16.1. The van der Waals surface area contributed by atoms with E-state index in [0.717, 1.165) is 44.6 Å². The highest BCUT2D eigenvalue weighted by Gasteiger charge is 2.30. The SMILES string of the molecule is CCC(C)=Nc1ccnc(Nc2ccc(S(=O)(=O)N(C)C3CCN(Cc4ccsc4)CC3)cc2)n1. The Morgan fingerprint density at radius 2 is 1.94 bits per heavy atom. The summed E-state index contributed by atoms with van der Waals surface area (Å²) in [6.07, 6.45) is 4.16. The molecule has 2 aromatic heterocycles. The van der Waals surface area contributed by atoms with E-state index in [1.54, 1.807) is 54.9 Å². The smallest absolute Gasteiger partial charge is 0.243 e. The van der Waals surface area contributed by atoms with Crippen LogP contribution >= 0.6 is 11.3 Å². The van der Waals surface area contributed by atoms with E-state index < -0.39 is 10.0 Å². The average molecular weight is 513 g/mol. The number of anilines is 2. The Balaban J connectivity index is 1.37. The number of thiophene rings is 1. The molecule has 0 bridgehead atoms. The van der Waals surface area contributed by atoms with Crippen molar-refractivity contribution in [1.82, 2.24) is 19.2 Å². The fourth-order valence-electron chi connectivity index (χ4n) is 4.03. The van der Waals surface area contributed by atoms with E-state index in [9.17, 15) is 8.42 Å². The van der Waals surface area contributed by atoms with E-state index in [1.807, 2.05) is 13.8 Å². The summed E-state index contributed by atoms with van der Waals surface area (Å²) in [6, 6.07) is 10.6. The standard InChI is InChI=1S/C25H32N6O2S2/c1-4-19(2)27-24-9-13-26-25(29-24)28-21-5-7-23(8-6-21)35(32,33)30(3)22-10-14-31(15-11-22)17-20-12-16-34-18-20/h5-9,12-13,16,18,22H,4,10-11,14-15,17H2,1-3H3,(H,26,28,29). The van der Waals surface area contributed by atoms with Gasteiger partial charge in [0.05, 0.1) is 4.90 Å². The maximum absolute atomic E-state index is 13.3. The van der Waals surface area contributed by atoms with Crippen LogP contribution in [0.1, 0.15) is 38.7 Å². The molecule has 0 unspecified atom stereocenters. The molecule has 186 valence electrons. The van der Waals surface area contributed by atoms with Gasteiger partial charge in [0.2, 0.25) is 16.0 Å². The minimum absolute atomic E-state index is 0.000187. The van der Waals surface area contributed by atoms with Gasteiger partial charge in [0, 0.05) is 56.4 Å². The number of aliphatic imine (C=N–C) groups is 1. The average Bonchev–Trinajstić information content (AvgIpc) is 3.37. The van der Waals surface area contributed by atoms with Crippen molar-refractivity contribution in [3.8, 4) is 0 Å². The molecular weight excluding hydrogens is 480 g/mol. The molecule has 0 radical (unpaired) electrons. The van der Waals surface area contributed by atoms with E-state index in [2.05, 4.69) is 42.0 Å². The molecule has 1 aromatic carbocycles. The van der Waals surface area contributed by atoms with Crippen molar-refractivity contribution in [2.75, 3.05) is 25.5 Å². The van der Waals surface area contributed by atoms with E-state index in [1.165, 1.54) is 9.87 Å². The van der Waals surface area contributed by atoms with Crippen LogP contribution in [-0.4, -0.2) is 59.5 Å². The van der Waals surface area contributed by atoms with Crippen LogP contribution in [0.5, 0.6) is 0 Å². The lowest BCUT2D eigenvalue weighted by Gasteiger charge is -2.36. The molecule has 0 saturated carbocycles. The first-order valence-corrected chi connectivity index (χ1v) is 14.2. The molecule has 0 amide bonds. The second-order valence-electron chi connectivity index (χ2n) is 8.75. The molecule has 0 spiro atoms. The first-order chi connectivity index (χ1) is 16.8. The van der Waals surface area contributed by atoms with Crippen molar-refractivity contribution in [3.63, 3.8) is 0 Å². The lowest BCUT2D eigenvalue weighted by molar-refractivity contribution is 0.164. The van der Waals surface area contributed by atoms with Crippen molar-refractivity contribution < 1.29 is 8.42 Å². The molecular formula is C25H32N6O2S2. The van der Waals surface area contributed by atoms with Crippen LogP contribution < -0.4 is 5.32 Å². The zero-order valence-corrected chi connectivity index (χ0v) is 22.0. The number of nitrogens with zero attached hydrogens (tertiary/aromatic N) is 5. The lowest BCUT2D eigenvalue weighted by atomic mass is 10.1. The molecule has 3 heterocycles. The van der Waals surface area contributed by atoms with E-state index in [0.29, 0.717) is 17.5 Å². The molecule has 1 aliphatic heterocycles. The van der Waals surface area contributed by atoms with Gasteiger partial charge in [-0.2, -0.15) is 20.6 Å². The fourth-order valence-corrected chi connectivity index (χ4v) is 6.11. The van der Waals surface area contributed by atoms with Crippen molar-refractivity contribution in [3.05, 3.63) is 58.9 Å². The highest BCUT2D eigenvalue weighted by atomic mass is 32.2. The molecule has 10 heteroatoms. The van der Waals surface area contributed by atoms with Crippen LogP contribution in [0.3, 0.4) is 0 Å². The first-order valence-electron chi connectivity index (χ1n) is 11.8. The number of benzene rings is 1. The Labute approximate surface area is 211 Å². The van der Waals surface area contributed by atoms with Crippen LogP contribution in [0, 0.1) is 0 Å². The largest absolute Gasteiger partial charge is 0.324 e. The van der Waals surface area contributed by atoms with Crippen LogP contribution in [0.4, 0.5) is 17.5 Å². The van der Waals surface area contributed by atoms with E-state index in [-0.39, 0.29) is 10.9 Å². The van der Waals surface area contributed by atoms with Crippen molar-refractivity contribution in [2.45, 2.75) is 50.6 Å². The Morgan fingerprint density at radius 3 is 2.60 bits per heavy atom. The quantitative estimate of drug-likeness (QED) is 0.403. The topological polar surface area (TPSA) is 90.8 Å². The number of nitrogens with one attached hydrogen (secondary N) is 1. The summed E-state index contributed by atoms with van der Waals surface area (Å²) in [4.78, 5) is 15.8. The third kappa shape index (κ3) is 6.52. The number of piperidine rings is 1. The molecule has 0 atom stereocenters. The molecule has 8 nitrogen and oxygen atoms in total. The van der Waals surface area contributed by atoms with Gasteiger partial charge in [-0.1, -0.05) is 6.92 Å². The van der Waals surface area contributed by atoms with Crippen molar-refractivity contribution >= 4 is 44.5 Å². The van der Waals surface area contributed by atoms with Crippen LogP contribution in [0.25, 0.3) is 0 Å². The second-order valence-corrected chi connectivity index (χ2v) is 11.5. The zero-order chi connectivity index (χ0) is 24.8. The summed E-state index contributed by atoms with van der Waals surface area (Å²) in [6.45, 7) is 6.72. The minimum Gasteiger partial charge on any atom is -0.324 e. The Morgan fingerprint density at radius 1 is 1.20 bits per heavy atom. The van der Waals surface area contributed by atoms with E-state index >= 15 is 0 Å². The summed E-state index contributed by atoms with van der Waals surface area (Å²) in [5.74, 6) is 1.00. The third-order valence-corrected chi connectivity index (χ3v) is 8.96. The fraction of sp³-hybridized carbons (Fsp3) is 0.400. The van der Waals surface area contributed by atoms with Gasteiger partial charge >= 0.3 is 0 Å². The molecule has 1 fully saturated rings. The predicted molar refractivity (Wildman–Crippen MR) is 142 cm³/mol. The summed E-state index contributed by atoms with van der Waals surface area (Å²) < 4.78 is 28.1. The molecule has 0 aliphatic carbocycles. The Bertz CT molecular complexity index is 1240. The predicted octanol–water partition coefficient (Wildman–Crippen LogP) is 5.07. The van der Waals surface area contributed by atoms with Gasteiger partial charge < -0.3 is 5.32 Å². The summed E-state index contributed by atoms with van der Waals surface area (Å²) >= 11 is 1.71. The Kier molecular flexibility index (Phi) is 8.27. The van der Waals surface area contributed by atoms with Gasteiger partial charge in [0.15, 0.2) is 5.82 Å². The van der Waals surface area contributed by atoms with Crippen molar-refractivity contribution in [1.29, 1.82) is 0 Å². The summed E-state index contributed by atoms with van der Waals surface area (Å²) in [5, 5.41) is 7.39. The molecule has 4 rings (SSSR count). The minimum atomic E-state index is -3.58. The number of sulfonamides is 1. The third-order valence-electron chi connectivity index (χ3n) is 6.30. The second kappa shape index (κ2) is 11.4. The van der Waals surface area contributed by atoms with E-state index in [4.69, 9.17) is 0 Å². The molecule has 35 heavy (non-hydrogen) atoms. The first kappa shape index (κ1) is 25.4. The summed E-state index contributed by atoms with van der Waals surface area (Å²) in [7, 11) is -1.89. The molecule has 1 N–H and O–H groups in total. The zero-order valence-electron chi connectivity index (χ0n) is 20.4. The van der Waals surface area contributed by atoms with Gasteiger partial charge in [-0.15, -0.1) is 0 Å². The maximum atomic E-state index is 13.3. The monoisotopic (exact) mass is 512 g/mol. The van der Waals surface area contributed by atoms with Gasteiger partial charge in [-0.05, 0) is 72.8 Å². The Hall–Kier alpha value is -2.66. The van der Waals surface area contributed by atoms with Crippen molar-refractivity contribution in [2.24, 2.45) is 4.99 Å². The molecule has 3 aromatic rings. The number of rotatable bonds is 9. The highest BCUT2D eigenvalue weighted by molar-refractivity contribution is 7.89. The summed E-state index contributed by atoms with van der Waals surface area (Å²) in [5.41, 5.74) is 3.02. The lowest BCUT2D eigenvalue weighted by Crippen LogP contribution is -2.45. The number of aromatic nitrogens is 2. The number of hydrogen-bond donors (Lipinski definition) is 1. The number of hydrogen-bond acceptors (Lipinski definition) is 8. The highest BCUT2D eigenvalue weighted by Crippen LogP contribution is 2.25.